The van der Waals surface area contributed by atoms with Crippen molar-refractivity contribution in [2.45, 2.75) is 39.9 Å². The minimum atomic E-state index is -0.761. The van der Waals surface area contributed by atoms with Gasteiger partial charge in [0.15, 0.2) is 0 Å². The summed E-state index contributed by atoms with van der Waals surface area (Å²) in [6.45, 7) is 8.56. The fourth-order valence-electron chi connectivity index (χ4n) is 1.82. The Bertz CT molecular complexity index is 361. The van der Waals surface area contributed by atoms with E-state index in [0.717, 1.165) is 0 Å². The minimum absolute atomic E-state index is 0.169. The molecule has 0 amide bonds. The highest BCUT2D eigenvalue weighted by atomic mass is 16.5. The van der Waals surface area contributed by atoms with Crippen LogP contribution >= 0.6 is 0 Å². The summed E-state index contributed by atoms with van der Waals surface area (Å²) in [5.74, 6) is 0. The second-order valence-electron chi connectivity index (χ2n) is 5.19. The number of anilines is 1. The highest BCUT2D eigenvalue weighted by Gasteiger charge is 2.33. The minimum Gasteiger partial charge on any atom is -0.398 e. The summed E-state index contributed by atoms with van der Waals surface area (Å²) in [6, 6.07) is 1.68. The lowest BCUT2D eigenvalue weighted by Crippen LogP contribution is -2.35. The summed E-state index contributed by atoms with van der Waals surface area (Å²) in [4.78, 5) is 4.00. The molecule has 0 saturated heterocycles. The zero-order valence-electron chi connectivity index (χ0n) is 11.0. The molecule has 1 aromatic rings. The van der Waals surface area contributed by atoms with Crippen LogP contribution in [0.3, 0.4) is 0 Å². The molecule has 1 heterocycles. The van der Waals surface area contributed by atoms with Crippen LogP contribution in [0.25, 0.3) is 0 Å². The van der Waals surface area contributed by atoms with Gasteiger partial charge in [0, 0.05) is 30.3 Å². The second kappa shape index (κ2) is 5.47. The summed E-state index contributed by atoms with van der Waals surface area (Å²) in [5.41, 5.74) is 6.84. The first-order valence-electron chi connectivity index (χ1n) is 5.87. The van der Waals surface area contributed by atoms with E-state index < -0.39 is 6.10 Å². The van der Waals surface area contributed by atoms with E-state index in [4.69, 9.17) is 10.5 Å². The SMILES string of the molecule is CCOC(C(O)c1cnccc1N)C(C)(C)C. The number of hydrogen-bond donors (Lipinski definition) is 2. The van der Waals surface area contributed by atoms with E-state index >= 15 is 0 Å². The third kappa shape index (κ3) is 3.41. The lowest BCUT2D eigenvalue weighted by molar-refractivity contribution is -0.0897. The summed E-state index contributed by atoms with van der Waals surface area (Å²) in [5, 5.41) is 10.4. The molecule has 0 radical (unpaired) electrons. The zero-order chi connectivity index (χ0) is 13.1. The molecule has 96 valence electrons. The molecule has 4 nitrogen and oxygen atoms in total. The molecule has 0 saturated carbocycles. The van der Waals surface area contributed by atoms with Crippen molar-refractivity contribution < 1.29 is 9.84 Å². The number of aromatic nitrogens is 1. The largest absolute Gasteiger partial charge is 0.398 e. The molecule has 4 heteroatoms. The number of nitrogens with two attached hydrogens (primary N) is 1. The van der Waals surface area contributed by atoms with Crippen LogP contribution in [-0.2, 0) is 4.74 Å². The molecule has 3 N–H and O–H groups in total. The van der Waals surface area contributed by atoms with Crippen molar-refractivity contribution in [2.75, 3.05) is 12.3 Å². The summed E-state index contributed by atoms with van der Waals surface area (Å²) >= 11 is 0. The van der Waals surface area contributed by atoms with Crippen LogP contribution < -0.4 is 5.73 Å². The first-order chi connectivity index (χ1) is 7.88. The Kier molecular flexibility index (Phi) is 4.48. The predicted octanol–water partition coefficient (Wildman–Crippen LogP) is 2.15. The van der Waals surface area contributed by atoms with Gasteiger partial charge in [0.2, 0.25) is 0 Å². The van der Waals surface area contributed by atoms with E-state index in [1.165, 1.54) is 0 Å². The zero-order valence-corrected chi connectivity index (χ0v) is 11.0. The Hall–Kier alpha value is -1.13. The van der Waals surface area contributed by atoms with Gasteiger partial charge >= 0.3 is 0 Å². The van der Waals surface area contributed by atoms with E-state index in [9.17, 15) is 5.11 Å². The lowest BCUT2D eigenvalue weighted by atomic mass is 9.83. The van der Waals surface area contributed by atoms with Gasteiger partial charge in [-0.05, 0) is 18.4 Å². The van der Waals surface area contributed by atoms with Gasteiger partial charge in [-0.3, -0.25) is 4.98 Å². The van der Waals surface area contributed by atoms with Crippen molar-refractivity contribution in [2.24, 2.45) is 5.41 Å². The first kappa shape index (κ1) is 13.9. The number of pyridine rings is 1. The number of nitrogens with zero attached hydrogens (tertiary/aromatic N) is 1. The molecule has 2 atom stereocenters. The Morgan fingerprint density at radius 3 is 2.59 bits per heavy atom. The molecule has 0 spiro atoms. The number of aliphatic hydroxyl groups is 1. The smallest absolute Gasteiger partial charge is 0.109 e. The summed E-state index contributed by atoms with van der Waals surface area (Å²) in [7, 11) is 0. The Morgan fingerprint density at radius 1 is 1.47 bits per heavy atom. The van der Waals surface area contributed by atoms with E-state index in [2.05, 4.69) is 4.98 Å². The number of ether oxygens (including phenoxy) is 1. The van der Waals surface area contributed by atoms with Crippen molar-refractivity contribution in [3.05, 3.63) is 24.0 Å². The van der Waals surface area contributed by atoms with E-state index in [1.54, 1.807) is 18.5 Å². The lowest BCUT2D eigenvalue weighted by Gasteiger charge is -2.34. The van der Waals surface area contributed by atoms with Crippen molar-refractivity contribution in [1.82, 2.24) is 4.98 Å². The van der Waals surface area contributed by atoms with Crippen LogP contribution in [0.15, 0.2) is 18.5 Å². The molecule has 17 heavy (non-hydrogen) atoms. The van der Waals surface area contributed by atoms with Crippen molar-refractivity contribution in [3.8, 4) is 0 Å². The normalized spacial score (nSPS) is 15.6. The molecule has 2 unspecified atom stereocenters. The summed E-state index contributed by atoms with van der Waals surface area (Å²) in [6.07, 6.45) is 2.14. The van der Waals surface area contributed by atoms with Gasteiger partial charge in [-0.15, -0.1) is 0 Å². The van der Waals surface area contributed by atoms with Crippen LogP contribution in [0.1, 0.15) is 39.4 Å². The molecular weight excluding hydrogens is 216 g/mol. The fourth-order valence-corrected chi connectivity index (χ4v) is 1.82. The Balaban J connectivity index is 3.00. The molecule has 1 rings (SSSR count). The standard InChI is InChI=1S/C13H22N2O2/c1-5-17-12(13(2,3)4)11(16)9-8-15-7-6-10(9)14/h6-8,11-12,16H,5H2,1-4H3,(H2,14,15). The van der Waals surface area contributed by atoms with Gasteiger partial charge in [0.05, 0.1) is 6.10 Å². The molecule has 0 aliphatic rings. The average molecular weight is 238 g/mol. The Labute approximate surface area is 103 Å². The molecule has 0 aliphatic heterocycles. The topological polar surface area (TPSA) is 68.4 Å². The predicted molar refractivity (Wildman–Crippen MR) is 68.5 cm³/mol. The molecule has 0 aliphatic carbocycles. The van der Waals surface area contributed by atoms with E-state index in [1.807, 2.05) is 27.7 Å². The highest BCUT2D eigenvalue weighted by Crippen LogP contribution is 2.34. The van der Waals surface area contributed by atoms with Crippen LogP contribution in [0.4, 0.5) is 5.69 Å². The molecule has 0 fully saturated rings. The van der Waals surface area contributed by atoms with Gasteiger partial charge in [0.25, 0.3) is 0 Å². The maximum atomic E-state index is 10.4. The van der Waals surface area contributed by atoms with Crippen LogP contribution in [0.2, 0.25) is 0 Å². The Morgan fingerprint density at radius 2 is 2.12 bits per heavy atom. The third-order valence-corrected chi connectivity index (χ3v) is 2.69. The van der Waals surface area contributed by atoms with Gasteiger partial charge in [-0.2, -0.15) is 0 Å². The number of hydrogen-bond acceptors (Lipinski definition) is 4. The van der Waals surface area contributed by atoms with Gasteiger partial charge in [-0.25, -0.2) is 0 Å². The number of nitrogen functional groups attached to an aromatic ring is 1. The van der Waals surface area contributed by atoms with E-state index in [0.29, 0.717) is 17.9 Å². The van der Waals surface area contributed by atoms with Gasteiger partial charge in [-0.1, -0.05) is 20.8 Å². The average Bonchev–Trinajstić information content (AvgIpc) is 2.24. The highest BCUT2D eigenvalue weighted by molar-refractivity contribution is 5.46. The molecule has 0 aromatic carbocycles. The summed E-state index contributed by atoms with van der Waals surface area (Å²) < 4.78 is 5.64. The second-order valence-corrected chi connectivity index (χ2v) is 5.19. The first-order valence-corrected chi connectivity index (χ1v) is 5.87. The molecule has 1 aromatic heterocycles. The molecule has 0 bridgehead atoms. The number of aliphatic hydroxyl groups excluding tert-OH is 1. The maximum absolute atomic E-state index is 10.4. The van der Waals surface area contributed by atoms with E-state index in [-0.39, 0.29) is 11.5 Å². The number of rotatable bonds is 4. The van der Waals surface area contributed by atoms with Crippen molar-refractivity contribution in [1.29, 1.82) is 0 Å². The van der Waals surface area contributed by atoms with Gasteiger partial charge < -0.3 is 15.6 Å². The van der Waals surface area contributed by atoms with Gasteiger partial charge in [0.1, 0.15) is 6.10 Å². The fraction of sp³-hybridized carbons (Fsp3) is 0.615. The molecular formula is C13H22N2O2. The monoisotopic (exact) mass is 238 g/mol. The third-order valence-electron chi connectivity index (χ3n) is 2.69. The maximum Gasteiger partial charge on any atom is 0.109 e. The van der Waals surface area contributed by atoms with Crippen LogP contribution in [0.5, 0.6) is 0 Å². The van der Waals surface area contributed by atoms with Crippen molar-refractivity contribution in [3.63, 3.8) is 0 Å². The van der Waals surface area contributed by atoms with Crippen molar-refractivity contribution >= 4 is 5.69 Å². The van der Waals surface area contributed by atoms with Crippen LogP contribution in [0, 0.1) is 5.41 Å². The van der Waals surface area contributed by atoms with Crippen LogP contribution in [-0.4, -0.2) is 22.8 Å². The quantitative estimate of drug-likeness (QED) is 0.843.